The van der Waals surface area contributed by atoms with E-state index in [2.05, 4.69) is 73.2 Å². The van der Waals surface area contributed by atoms with Gasteiger partial charge in [-0.2, -0.15) is 15.9 Å². The molecule has 0 bridgehead atoms. The molecule has 5 rings (SSSR count). The van der Waals surface area contributed by atoms with Crippen molar-refractivity contribution in [1.29, 1.82) is 0 Å². The fraction of sp³-hybridized carbons (Fsp3) is 0.286. The van der Waals surface area contributed by atoms with E-state index in [1.165, 1.54) is 5.56 Å². The van der Waals surface area contributed by atoms with Gasteiger partial charge in [0.05, 0.1) is 0 Å². The zero-order chi connectivity index (χ0) is 18.8. The van der Waals surface area contributed by atoms with Crippen molar-refractivity contribution < 1.29 is 0 Å². The molecule has 1 saturated heterocycles. The van der Waals surface area contributed by atoms with Gasteiger partial charge in [-0.05, 0) is 35.6 Å². The summed E-state index contributed by atoms with van der Waals surface area (Å²) in [6.07, 6.45) is 1.11. The summed E-state index contributed by atoms with van der Waals surface area (Å²) in [5.41, 5.74) is 3.25. The van der Waals surface area contributed by atoms with E-state index in [4.69, 9.17) is 5.10 Å². The van der Waals surface area contributed by atoms with Gasteiger partial charge in [0.2, 0.25) is 0 Å². The molecule has 0 spiro atoms. The Hall–Kier alpha value is -2.77. The normalized spacial score (nSPS) is 15.4. The Labute approximate surface area is 168 Å². The van der Waals surface area contributed by atoms with Crippen LogP contribution in [-0.4, -0.2) is 57.4 Å². The smallest absolute Gasteiger partial charge is 0.186 e. The third-order valence-electron chi connectivity index (χ3n) is 5.28. The van der Waals surface area contributed by atoms with Gasteiger partial charge in [-0.1, -0.05) is 30.3 Å². The first-order valence-electron chi connectivity index (χ1n) is 9.63. The number of rotatable bonds is 5. The van der Waals surface area contributed by atoms with Crippen LogP contribution in [0.1, 0.15) is 5.56 Å². The molecule has 6 nitrogen and oxygen atoms in total. The minimum Gasteiger partial charge on any atom is -0.353 e. The second-order valence-electron chi connectivity index (χ2n) is 7.06. The van der Waals surface area contributed by atoms with E-state index in [-0.39, 0.29) is 0 Å². The second-order valence-corrected chi connectivity index (χ2v) is 7.84. The van der Waals surface area contributed by atoms with Gasteiger partial charge in [-0.3, -0.25) is 4.90 Å². The standard InChI is InChI=1S/C21H22N6S/c1-2-4-17(5-3-1)8-10-25-11-13-26(14-12-25)20-7-6-19-22-23-21(27(19)24-20)18-9-15-28-16-18/h1-7,9,15-16H,8,10-14H2. The van der Waals surface area contributed by atoms with Gasteiger partial charge < -0.3 is 4.90 Å². The van der Waals surface area contributed by atoms with Crippen molar-refractivity contribution in [2.75, 3.05) is 37.6 Å². The molecule has 1 aliphatic heterocycles. The maximum absolute atomic E-state index is 4.84. The highest BCUT2D eigenvalue weighted by atomic mass is 32.1. The lowest BCUT2D eigenvalue weighted by Gasteiger charge is -2.35. The minimum absolute atomic E-state index is 0.784. The Kier molecular flexibility index (Phi) is 4.76. The molecule has 3 aromatic heterocycles. The van der Waals surface area contributed by atoms with Gasteiger partial charge in [0, 0.05) is 43.7 Å². The Morgan fingerprint density at radius 2 is 1.75 bits per heavy atom. The van der Waals surface area contributed by atoms with Crippen LogP contribution in [0.15, 0.2) is 59.3 Å². The van der Waals surface area contributed by atoms with Crippen LogP contribution in [0.3, 0.4) is 0 Å². The Morgan fingerprint density at radius 1 is 0.893 bits per heavy atom. The minimum atomic E-state index is 0.784. The number of thiophene rings is 1. The molecule has 4 aromatic rings. The van der Waals surface area contributed by atoms with Gasteiger partial charge >= 0.3 is 0 Å². The summed E-state index contributed by atoms with van der Waals surface area (Å²) in [6.45, 7) is 5.21. The quantitative estimate of drug-likeness (QED) is 0.524. The maximum atomic E-state index is 4.84. The molecule has 1 aliphatic rings. The summed E-state index contributed by atoms with van der Waals surface area (Å²) in [7, 11) is 0. The molecule has 142 valence electrons. The summed E-state index contributed by atoms with van der Waals surface area (Å²) >= 11 is 1.66. The van der Waals surface area contributed by atoms with Gasteiger partial charge in [0.25, 0.3) is 0 Å². The molecule has 0 amide bonds. The molecule has 0 unspecified atom stereocenters. The van der Waals surface area contributed by atoms with Crippen molar-refractivity contribution in [3.63, 3.8) is 0 Å². The van der Waals surface area contributed by atoms with Crippen molar-refractivity contribution in [3.05, 3.63) is 64.9 Å². The van der Waals surface area contributed by atoms with Crippen molar-refractivity contribution in [2.45, 2.75) is 6.42 Å². The van der Waals surface area contributed by atoms with Crippen molar-refractivity contribution in [1.82, 2.24) is 24.7 Å². The number of benzene rings is 1. The van der Waals surface area contributed by atoms with Gasteiger partial charge in [-0.25, -0.2) is 0 Å². The Morgan fingerprint density at radius 3 is 2.54 bits per heavy atom. The first-order valence-corrected chi connectivity index (χ1v) is 10.6. The predicted octanol–water partition coefficient (Wildman–Crippen LogP) is 3.22. The highest BCUT2D eigenvalue weighted by molar-refractivity contribution is 7.08. The summed E-state index contributed by atoms with van der Waals surface area (Å²) in [5.74, 6) is 1.80. The lowest BCUT2D eigenvalue weighted by molar-refractivity contribution is 0.260. The molecular weight excluding hydrogens is 368 g/mol. The van der Waals surface area contributed by atoms with E-state index in [0.29, 0.717) is 0 Å². The van der Waals surface area contributed by atoms with Crippen molar-refractivity contribution in [3.8, 4) is 11.4 Å². The molecule has 0 aliphatic carbocycles. The second kappa shape index (κ2) is 7.69. The average Bonchev–Trinajstić information content (AvgIpc) is 3.42. The third kappa shape index (κ3) is 3.50. The molecule has 0 N–H and O–H groups in total. The van der Waals surface area contributed by atoms with E-state index in [0.717, 1.165) is 62.0 Å². The maximum Gasteiger partial charge on any atom is 0.186 e. The Bertz CT molecular complexity index is 1040. The number of fused-ring (bicyclic) bond motifs is 1. The van der Waals surface area contributed by atoms with Crippen LogP contribution in [0.4, 0.5) is 5.82 Å². The SMILES string of the molecule is c1ccc(CCN2CCN(c3ccc4nnc(-c5ccsc5)n4n3)CC2)cc1. The largest absolute Gasteiger partial charge is 0.353 e. The number of hydrogen-bond acceptors (Lipinski definition) is 6. The zero-order valence-electron chi connectivity index (χ0n) is 15.6. The lowest BCUT2D eigenvalue weighted by Crippen LogP contribution is -2.47. The van der Waals surface area contributed by atoms with Crippen molar-refractivity contribution >= 4 is 22.8 Å². The fourth-order valence-corrected chi connectivity index (χ4v) is 4.29. The highest BCUT2D eigenvalue weighted by Gasteiger charge is 2.19. The summed E-state index contributed by atoms with van der Waals surface area (Å²) < 4.78 is 1.86. The van der Waals surface area contributed by atoms with Gasteiger partial charge in [0.1, 0.15) is 5.82 Å². The number of nitrogens with zero attached hydrogens (tertiary/aromatic N) is 6. The molecule has 7 heteroatoms. The van der Waals surface area contributed by atoms with Crippen LogP contribution in [0, 0.1) is 0 Å². The molecule has 28 heavy (non-hydrogen) atoms. The topological polar surface area (TPSA) is 49.6 Å². The molecular formula is C21H22N6S. The van der Waals surface area contributed by atoms with E-state index >= 15 is 0 Å². The molecule has 4 heterocycles. The van der Waals surface area contributed by atoms with Crippen LogP contribution in [-0.2, 0) is 6.42 Å². The third-order valence-corrected chi connectivity index (χ3v) is 5.97. The molecule has 0 saturated carbocycles. The van der Waals surface area contributed by atoms with E-state index in [9.17, 15) is 0 Å². The molecule has 0 radical (unpaired) electrons. The first-order chi connectivity index (χ1) is 13.9. The summed E-state index contributed by atoms with van der Waals surface area (Å²) in [4.78, 5) is 4.90. The van der Waals surface area contributed by atoms with Crippen LogP contribution in [0.25, 0.3) is 17.0 Å². The number of piperazine rings is 1. The van der Waals surface area contributed by atoms with E-state index in [1.807, 2.05) is 10.6 Å². The zero-order valence-corrected chi connectivity index (χ0v) is 16.4. The first kappa shape index (κ1) is 17.3. The predicted molar refractivity (Wildman–Crippen MR) is 113 cm³/mol. The summed E-state index contributed by atoms with van der Waals surface area (Å²) in [6, 6.07) is 16.8. The van der Waals surface area contributed by atoms with Crippen LogP contribution in [0.2, 0.25) is 0 Å². The number of hydrogen-bond donors (Lipinski definition) is 0. The van der Waals surface area contributed by atoms with E-state index in [1.54, 1.807) is 11.3 Å². The highest BCUT2D eigenvalue weighted by Crippen LogP contribution is 2.22. The van der Waals surface area contributed by atoms with Crippen LogP contribution >= 0.6 is 11.3 Å². The molecule has 0 atom stereocenters. The number of aromatic nitrogens is 4. The Balaban J connectivity index is 1.26. The van der Waals surface area contributed by atoms with Crippen molar-refractivity contribution in [2.24, 2.45) is 0 Å². The molecule has 1 fully saturated rings. The average molecular weight is 391 g/mol. The van der Waals surface area contributed by atoms with Gasteiger partial charge in [-0.15, -0.1) is 15.3 Å². The van der Waals surface area contributed by atoms with Crippen LogP contribution < -0.4 is 4.90 Å². The lowest BCUT2D eigenvalue weighted by atomic mass is 10.1. The monoisotopic (exact) mass is 390 g/mol. The number of anilines is 1. The fourth-order valence-electron chi connectivity index (χ4n) is 3.65. The van der Waals surface area contributed by atoms with Gasteiger partial charge in [0.15, 0.2) is 11.5 Å². The summed E-state index contributed by atoms with van der Waals surface area (Å²) in [5, 5.41) is 17.5. The van der Waals surface area contributed by atoms with Crippen LogP contribution in [0.5, 0.6) is 0 Å². The van der Waals surface area contributed by atoms with E-state index < -0.39 is 0 Å². The molecule has 1 aromatic carbocycles.